The van der Waals surface area contributed by atoms with E-state index in [9.17, 15) is 0 Å². The molecule has 1 unspecified atom stereocenters. The average Bonchev–Trinajstić information content (AvgIpc) is 2.43. The zero-order valence-electron chi connectivity index (χ0n) is 13.5. The highest BCUT2D eigenvalue weighted by molar-refractivity contribution is 5.37. The van der Waals surface area contributed by atoms with Crippen LogP contribution in [0.25, 0.3) is 0 Å². The van der Waals surface area contributed by atoms with Gasteiger partial charge < -0.3 is 15.4 Å². The summed E-state index contributed by atoms with van der Waals surface area (Å²) in [5.74, 6) is 0.890. The highest BCUT2D eigenvalue weighted by Gasteiger charge is 2.14. The molecule has 0 spiro atoms. The van der Waals surface area contributed by atoms with Crippen LogP contribution in [0.2, 0.25) is 0 Å². The Balaban J connectivity index is 2.79. The van der Waals surface area contributed by atoms with Crippen molar-refractivity contribution in [3.05, 3.63) is 29.3 Å². The molecule has 0 saturated heterocycles. The first-order valence-corrected chi connectivity index (χ1v) is 7.26. The summed E-state index contributed by atoms with van der Waals surface area (Å²) in [4.78, 5) is 4.70. The van der Waals surface area contributed by atoms with Gasteiger partial charge in [0.15, 0.2) is 0 Å². The van der Waals surface area contributed by atoms with Crippen LogP contribution in [0.4, 0.5) is 0 Å². The van der Waals surface area contributed by atoms with E-state index >= 15 is 0 Å². The summed E-state index contributed by atoms with van der Waals surface area (Å²) in [6.45, 7) is 8.03. The van der Waals surface area contributed by atoms with E-state index in [0.717, 1.165) is 30.9 Å². The van der Waals surface area contributed by atoms with Crippen molar-refractivity contribution in [3.63, 3.8) is 0 Å². The normalized spacial score (nSPS) is 13.0. The number of hydrogen-bond donors (Lipinski definition) is 1. The van der Waals surface area contributed by atoms with Crippen molar-refractivity contribution in [1.82, 2.24) is 9.80 Å². The van der Waals surface area contributed by atoms with Gasteiger partial charge in [0.25, 0.3) is 0 Å². The topological polar surface area (TPSA) is 41.7 Å². The van der Waals surface area contributed by atoms with E-state index in [1.807, 2.05) is 0 Å². The molecule has 4 heteroatoms. The van der Waals surface area contributed by atoms with Gasteiger partial charge in [-0.05, 0) is 39.2 Å². The maximum atomic E-state index is 5.71. The van der Waals surface area contributed by atoms with Crippen molar-refractivity contribution >= 4 is 0 Å². The van der Waals surface area contributed by atoms with E-state index in [-0.39, 0.29) is 0 Å². The van der Waals surface area contributed by atoms with Gasteiger partial charge in [0.2, 0.25) is 0 Å². The Labute approximate surface area is 123 Å². The maximum absolute atomic E-state index is 5.71. The summed E-state index contributed by atoms with van der Waals surface area (Å²) in [6, 6.07) is 6.84. The molecule has 0 fully saturated rings. The van der Waals surface area contributed by atoms with Crippen molar-refractivity contribution in [2.45, 2.75) is 33.0 Å². The lowest BCUT2D eigenvalue weighted by atomic mass is 10.1. The van der Waals surface area contributed by atoms with Crippen molar-refractivity contribution in [1.29, 1.82) is 0 Å². The Kier molecular flexibility index (Phi) is 6.99. The molecule has 20 heavy (non-hydrogen) atoms. The second kappa shape index (κ2) is 8.25. The van der Waals surface area contributed by atoms with Crippen LogP contribution in [0.3, 0.4) is 0 Å². The third-order valence-electron chi connectivity index (χ3n) is 3.62. The van der Waals surface area contributed by atoms with Gasteiger partial charge in [-0.15, -0.1) is 0 Å². The molecule has 0 amide bonds. The van der Waals surface area contributed by atoms with E-state index in [4.69, 9.17) is 10.5 Å². The fraction of sp³-hybridized carbons (Fsp3) is 0.625. The second-order valence-electron chi connectivity index (χ2n) is 5.52. The van der Waals surface area contributed by atoms with E-state index in [0.29, 0.717) is 12.6 Å². The minimum absolute atomic E-state index is 0.512. The van der Waals surface area contributed by atoms with Crippen LogP contribution in [0.1, 0.15) is 25.0 Å². The first-order chi connectivity index (χ1) is 9.51. The van der Waals surface area contributed by atoms with Gasteiger partial charge in [-0.1, -0.05) is 19.1 Å². The first-order valence-electron chi connectivity index (χ1n) is 7.26. The molecule has 114 valence electrons. The Morgan fingerprint density at radius 2 is 2.00 bits per heavy atom. The minimum Gasteiger partial charge on any atom is -0.496 e. The Morgan fingerprint density at radius 3 is 2.50 bits per heavy atom. The lowest BCUT2D eigenvalue weighted by Gasteiger charge is -2.30. The van der Waals surface area contributed by atoms with E-state index in [2.05, 4.69) is 55.9 Å². The second-order valence-corrected chi connectivity index (χ2v) is 5.52. The molecule has 4 nitrogen and oxygen atoms in total. The molecule has 1 rings (SSSR count). The molecule has 0 aliphatic heterocycles. The summed E-state index contributed by atoms with van der Waals surface area (Å²) < 4.78 is 5.41. The van der Waals surface area contributed by atoms with Gasteiger partial charge in [0.1, 0.15) is 5.75 Å². The molecule has 1 aromatic rings. The Morgan fingerprint density at radius 1 is 1.30 bits per heavy atom. The smallest absolute Gasteiger partial charge is 0.123 e. The molecular weight excluding hydrogens is 250 g/mol. The van der Waals surface area contributed by atoms with E-state index < -0.39 is 0 Å². The van der Waals surface area contributed by atoms with E-state index in [1.165, 1.54) is 5.56 Å². The summed E-state index contributed by atoms with van der Waals surface area (Å²) in [5.41, 5.74) is 8.04. The largest absolute Gasteiger partial charge is 0.496 e. The zero-order chi connectivity index (χ0) is 15.1. The van der Waals surface area contributed by atoms with Gasteiger partial charge in [-0.3, -0.25) is 4.90 Å². The Hall–Kier alpha value is -1.10. The van der Waals surface area contributed by atoms with Crippen LogP contribution in [0.5, 0.6) is 5.75 Å². The fourth-order valence-corrected chi connectivity index (χ4v) is 2.51. The predicted octanol–water partition coefficient (Wildman–Crippen LogP) is 1.93. The molecule has 0 heterocycles. The van der Waals surface area contributed by atoms with Crippen molar-refractivity contribution in [2.75, 3.05) is 34.3 Å². The van der Waals surface area contributed by atoms with Crippen LogP contribution < -0.4 is 10.5 Å². The van der Waals surface area contributed by atoms with Crippen LogP contribution >= 0.6 is 0 Å². The SMILES string of the molecule is CCN(Cc1ccc(CN)c(OC)c1)C(C)CN(C)C. The third kappa shape index (κ3) is 4.78. The molecule has 0 aliphatic carbocycles. The average molecular weight is 279 g/mol. The van der Waals surface area contributed by atoms with Gasteiger partial charge in [-0.25, -0.2) is 0 Å². The van der Waals surface area contributed by atoms with Crippen LogP contribution in [-0.2, 0) is 13.1 Å². The summed E-state index contributed by atoms with van der Waals surface area (Å²) in [5, 5.41) is 0. The quantitative estimate of drug-likeness (QED) is 0.789. The van der Waals surface area contributed by atoms with Gasteiger partial charge in [0, 0.05) is 31.2 Å². The number of nitrogens with zero attached hydrogens (tertiary/aromatic N) is 2. The van der Waals surface area contributed by atoms with Gasteiger partial charge in [0.05, 0.1) is 7.11 Å². The Bertz CT molecular complexity index is 407. The number of hydrogen-bond acceptors (Lipinski definition) is 4. The molecular formula is C16H29N3O. The number of benzene rings is 1. The lowest BCUT2D eigenvalue weighted by molar-refractivity contribution is 0.174. The summed E-state index contributed by atoms with van der Waals surface area (Å²) in [6.07, 6.45) is 0. The molecule has 0 aromatic heterocycles. The monoisotopic (exact) mass is 279 g/mol. The molecule has 1 atom stereocenters. The highest BCUT2D eigenvalue weighted by Crippen LogP contribution is 2.21. The standard InChI is InChI=1S/C16H29N3O/c1-6-19(13(2)11-18(3)4)12-14-7-8-15(10-17)16(9-14)20-5/h7-9,13H,6,10-12,17H2,1-5H3. The van der Waals surface area contributed by atoms with Crippen LogP contribution in [0, 0.1) is 0 Å². The number of nitrogens with two attached hydrogens (primary N) is 1. The maximum Gasteiger partial charge on any atom is 0.123 e. The zero-order valence-corrected chi connectivity index (χ0v) is 13.5. The summed E-state index contributed by atoms with van der Waals surface area (Å²) >= 11 is 0. The number of ether oxygens (including phenoxy) is 1. The molecule has 0 saturated carbocycles. The fourth-order valence-electron chi connectivity index (χ4n) is 2.51. The van der Waals surface area contributed by atoms with Gasteiger partial charge >= 0.3 is 0 Å². The predicted molar refractivity (Wildman–Crippen MR) is 85.0 cm³/mol. The highest BCUT2D eigenvalue weighted by atomic mass is 16.5. The molecule has 1 aromatic carbocycles. The number of methoxy groups -OCH3 is 1. The number of rotatable bonds is 8. The van der Waals surface area contributed by atoms with Crippen molar-refractivity contribution in [3.8, 4) is 5.75 Å². The van der Waals surface area contributed by atoms with E-state index in [1.54, 1.807) is 7.11 Å². The molecule has 0 aliphatic rings. The number of likely N-dealkylation sites (N-methyl/N-ethyl adjacent to an activating group) is 2. The first kappa shape index (κ1) is 17.0. The van der Waals surface area contributed by atoms with Crippen molar-refractivity contribution in [2.24, 2.45) is 5.73 Å². The minimum atomic E-state index is 0.512. The van der Waals surface area contributed by atoms with Crippen molar-refractivity contribution < 1.29 is 4.74 Å². The van der Waals surface area contributed by atoms with Crippen LogP contribution in [0.15, 0.2) is 18.2 Å². The molecule has 2 N–H and O–H groups in total. The summed E-state index contributed by atoms with van der Waals surface area (Å²) in [7, 11) is 5.93. The molecule has 0 radical (unpaired) electrons. The van der Waals surface area contributed by atoms with Gasteiger partial charge in [-0.2, -0.15) is 0 Å². The lowest BCUT2D eigenvalue weighted by Crippen LogP contribution is -2.39. The van der Waals surface area contributed by atoms with Crippen LogP contribution in [-0.4, -0.2) is 50.1 Å². The molecule has 0 bridgehead atoms. The third-order valence-corrected chi connectivity index (χ3v) is 3.62.